The number of thiophene rings is 1. The van der Waals surface area contributed by atoms with E-state index in [1.54, 1.807) is 11.3 Å². The van der Waals surface area contributed by atoms with Gasteiger partial charge >= 0.3 is 5.97 Å². The van der Waals surface area contributed by atoms with Crippen LogP contribution in [0, 0.1) is 0 Å². The monoisotopic (exact) mass is 273 g/mol. The van der Waals surface area contributed by atoms with Crippen LogP contribution in [0.4, 0.5) is 5.69 Å². The number of carboxylic acids is 1. The Kier molecular flexibility index (Phi) is 3.25. The van der Waals surface area contributed by atoms with Crippen LogP contribution in [0.2, 0.25) is 0 Å². The molecule has 1 aliphatic heterocycles. The molecule has 2 heterocycles. The number of nitrogens with zero attached hydrogens (tertiary/aromatic N) is 1. The van der Waals surface area contributed by atoms with Crippen molar-refractivity contribution in [1.82, 2.24) is 0 Å². The topological polar surface area (TPSA) is 40.5 Å². The van der Waals surface area contributed by atoms with Crippen molar-refractivity contribution in [2.75, 3.05) is 11.4 Å². The van der Waals surface area contributed by atoms with Gasteiger partial charge < -0.3 is 10.0 Å². The normalized spacial score (nSPS) is 17.5. The maximum atomic E-state index is 11.0. The maximum Gasteiger partial charge on any atom is 0.304 e. The van der Waals surface area contributed by atoms with Crippen LogP contribution >= 0.6 is 11.3 Å². The van der Waals surface area contributed by atoms with Crippen molar-refractivity contribution in [3.8, 4) is 0 Å². The van der Waals surface area contributed by atoms with Crippen molar-refractivity contribution in [3.63, 3.8) is 0 Å². The minimum atomic E-state index is -0.724. The zero-order valence-electron chi connectivity index (χ0n) is 10.5. The highest BCUT2D eigenvalue weighted by molar-refractivity contribution is 7.09. The van der Waals surface area contributed by atoms with E-state index >= 15 is 0 Å². The molecule has 19 heavy (non-hydrogen) atoms. The number of rotatable bonds is 4. The summed E-state index contributed by atoms with van der Waals surface area (Å²) < 4.78 is 0. The van der Waals surface area contributed by atoms with E-state index in [9.17, 15) is 4.79 Å². The molecule has 0 bridgehead atoms. The summed E-state index contributed by atoms with van der Waals surface area (Å²) in [6, 6.07) is 12.3. The summed E-state index contributed by atoms with van der Waals surface area (Å²) in [4.78, 5) is 14.6. The molecule has 2 aromatic rings. The molecule has 1 aromatic heterocycles. The molecule has 1 aromatic carbocycles. The first kappa shape index (κ1) is 12.2. The number of aliphatic carboxylic acids is 1. The molecule has 1 unspecified atom stereocenters. The van der Waals surface area contributed by atoms with Crippen molar-refractivity contribution < 1.29 is 9.90 Å². The van der Waals surface area contributed by atoms with Crippen LogP contribution in [0.25, 0.3) is 0 Å². The average molecular weight is 273 g/mol. The number of anilines is 1. The summed E-state index contributed by atoms with van der Waals surface area (Å²) in [5, 5.41) is 11.1. The van der Waals surface area contributed by atoms with Crippen LogP contribution in [0.5, 0.6) is 0 Å². The number of para-hydroxylation sites is 1. The lowest BCUT2D eigenvalue weighted by Crippen LogP contribution is -2.21. The molecule has 0 saturated heterocycles. The third kappa shape index (κ3) is 2.49. The van der Waals surface area contributed by atoms with Crippen LogP contribution in [0.3, 0.4) is 0 Å². The van der Waals surface area contributed by atoms with Gasteiger partial charge in [0.1, 0.15) is 0 Å². The van der Waals surface area contributed by atoms with Crippen LogP contribution in [0.1, 0.15) is 22.8 Å². The Morgan fingerprint density at radius 3 is 2.89 bits per heavy atom. The lowest BCUT2D eigenvalue weighted by molar-refractivity contribution is -0.137. The third-order valence-electron chi connectivity index (χ3n) is 3.51. The maximum absolute atomic E-state index is 11.0. The zero-order valence-corrected chi connectivity index (χ0v) is 11.3. The van der Waals surface area contributed by atoms with Crippen molar-refractivity contribution in [2.45, 2.75) is 18.9 Å². The molecular weight excluding hydrogens is 258 g/mol. The van der Waals surface area contributed by atoms with E-state index in [0.29, 0.717) is 0 Å². The lowest BCUT2D eigenvalue weighted by atomic mass is 9.98. The summed E-state index contributed by atoms with van der Waals surface area (Å²) in [6.45, 7) is 1.66. The van der Waals surface area contributed by atoms with E-state index < -0.39 is 5.97 Å². The summed E-state index contributed by atoms with van der Waals surface area (Å²) in [5.41, 5.74) is 2.35. The highest BCUT2D eigenvalue weighted by Gasteiger charge is 2.29. The minimum absolute atomic E-state index is 0.105. The largest absolute Gasteiger partial charge is 0.481 e. The Morgan fingerprint density at radius 1 is 1.32 bits per heavy atom. The number of fused-ring (bicyclic) bond motifs is 1. The third-order valence-corrected chi connectivity index (χ3v) is 4.37. The minimum Gasteiger partial charge on any atom is -0.481 e. The Labute approximate surface area is 116 Å². The second kappa shape index (κ2) is 5.05. The van der Waals surface area contributed by atoms with E-state index in [2.05, 4.69) is 34.5 Å². The second-order valence-corrected chi connectivity index (χ2v) is 5.85. The van der Waals surface area contributed by atoms with Gasteiger partial charge in [0.25, 0.3) is 0 Å². The Hall–Kier alpha value is -1.81. The fourth-order valence-corrected chi connectivity index (χ4v) is 3.43. The van der Waals surface area contributed by atoms with Crippen molar-refractivity contribution in [2.24, 2.45) is 0 Å². The average Bonchev–Trinajstić information content (AvgIpc) is 2.99. The second-order valence-electron chi connectivity index (χ2n) is 4.81. The number of carboxylic acid groups (broad SMARTS) is 1. The molecule has 3 rings (SSSR count). The van der Waals surface area contributed by atoms with Gasteiger partial charge in [0.05, 0.1) is 13.0 Å². The molecule has 1 aliphatic rings. The van der Waals surface area contributed by atoms with Gasteiger partial charge in [-0.15, -0.1) is 11.3 Å². The SMILES string of the molecule is O=C(O)CC1CN(Cc2cccs2)c2ccccc21. The molecule has 1 N–H and O–H groups in total. The van der Waals surface area contributed by atoms with Crippen LogP contribution in [0.15, 0.2) is 41.8 Å². The van der Waals surface area contributed by atoms with E-state index in [1.165, 1.54) is 16.1 Å². The first-order valence-corrected chi connectivity index (χ1v) is 7.20. The van der Waals surface area contributed by atoms with E-state index in [0.717, 1.165) is 13.1 Å². The van der Waals surface area contributed by atoms with Crippen molar-refractivity contribution >= 4 is 23.0 Å². The molecule has 0 saturated carbocycles. The van der Waals surface area contributed by atoms with Crippen LogP contribution in [-0.4, -0.2) is 17.6 Å². The molecule has 0 spiro atoms. The fourth-order valence-electron chi connectivity index (χ4n) is 2.71. The number of carbonyl (C=O) groups is 1. The van der Waals surface area contributed by atoms with Crippen molar-refractivity contribution in [1.29, 1.82) is 0 Å². The van der Waals surface area contributed by atoms with Crippen LogP contribution in [-0.2, 0) is 11.3 Å². The summed E-state index contributed by atoms with van der Waals surface area (Å²) in [7, 11) is 0. The number of benzene rings is 1. The van der Waals surface area contributed by atoms with Gasteiger partial charge in [-0.1, -0.05) is 24.3 Å². The summed E-state index contributed by atoms with van der Waals surface area (Å²) in [5.74, 6) is -0.619. The molecule has 0 fully saturated rings. The van der Waals surface area contributed by atoms with Gasteiger partial charge in [-0.25, -0.2) is 0 Å². The zero-order chi connectivity index (χ0) is 13.2. The van der Waals surface area contributed by atoms with E-state index in [4.69, 9.17) is 5.11 Å². The summed E-state index contributed by atoms with van der Waals surface area (Å²) in [6.07, 6.45) is 0.206. The fraction of sp³-hybridized carbons (Fsp3) is 0.267. The molecule has 0 aliphatic carbocycles. The predicted octanol–water partition coefficient (Wildman–Crippen LogP) is 3.33. The van der Waals surface area contributed by atoms with Gasteiger partial charge in [0.2, 0.25) is 0 Å². The molecule has 0 radical (unpaired) electrons. The smallest absolute Gasteiger partial charge is 0.304 e. The van der Waals surface area contributed by atoms with Gasteiger partial charge in [-0.3, -0.25) is 4.79 Å². The number of hydrogen-bond donors (Lipinski definition) is 1. The quantitative estimate of drug-likeness (QED) is 0.929. The Morgan fingerprint density at radius 2 is 2.16 bits per heavy atom. The molecule has 0 amide bonds. The molecular formula is C15H15NO2S. The van der Waals surface area contributed by atoms with Gasteiger partial charge in [-0.05, 0) is 23.1 Å². The first-order valence-electron chi connectivity index (χ1n) is 6.32. The highest BCUT2D eigenvalue weighted by Crippen LogP contribution is 2.38. The summed E-state index contributed by atoms with van der Waals surface area (Å²) >= 11 is 1.74. The molecule has 98 valence electrons. The van der Waals surface area contributed by atoms with E-state index in [1.807, 2.05) is 12.1 Å². The van der Waals surface area contributed by atoms with Gasteiger partial charge in [0, 0.05) is 23.0 Å². The van der Waals surface area contributed by atoms with Gasteiger partial charge in [0.15, 0.2) is 0 Å². The van der Waals surface area contributed by atoms with Gasteiger partial charge in [-0.2, -0.15) is 0 Å². The number of hydrogen-bond acceptors (Lipinski definition) is 3. The molecule has 3 nitrogen and oxygen atoms in total. The Balaban J connectivity index is 1.86. The first-order chi connectivity index (χ1) is 9.24. The lowest BCUT2D eigenvalue weighted by Gasteiger charge is -2.18. The Bertz CT molecular complexity index is 580. The van der Waals surface area contributed by atoms with E-state index in [-0.39, 0.29) is 12.3 Å². The molecule has 4 heteroatoms. The standard InChI is InChI=1S/C15H15NO2S/c17-15(18)8-11-9-16(10-12-4-3-7-19-12)14-6-2-1-5-13(11)14/h1-7,11H,8-10H2,(H,17,18). The highest BCUT2D eigenvalue weighted by atomic mass is 32.1. The predicted molar refractivity (Wildman–Crippen MR) is 76.8 cm³/mol. The van der Waals surface area contributed by atoms with Crippen molar-refractivity contribution in [3.05, 3.63) is 52.2 Å². The van der Waals surface area contributed by atoms with Crippen LogP contribution < -0.4 is 4.90 Å². The molecule has 1 atom stereocenters.